The molecule has 0 spiro atoms. The van der Waals surface area contributed by atoms with Crippen LogP contribution < -0.4 is 5.32 Å². The van der Waals surface area contributed by atoms with Gasteiger partial charge in [0.15, 0.2) is 0 Å². The van der Waals surface area contributed by atoms with Crippen LogP contribution in [0.2, 0.25) is 10.0 Å². The second-order valence-corrected chi connectivity index (χ2v) is 7.65. The van der Waals surface area contributed by atoms with Crippen molar-refractivity contribution in [2.75, 3.05) is 33.4 Å². The zero-order valence-electron chi connectivity index (χ0n) is 15.6. The Kier molecular flexibility index (Phi) is 9.00. The van der Waals surface area contributed by atoms with E-state index in [1.807, 2.05) is 33.8 Å². The number of hydrogen-bond acceptors (Lipinski definition) is 4. The molecule has 0 fully saturated rings. The van der Waals surface area contributed by atoms with Gasteiger partial charge in [-0.15, -0.1) is 0 Å². The minimum atomic E-state index is -0.530. The second kappa shape index (κ2) is 10.2. The van der Waals surface area contributed by atoms with Gasteiger partial charge < -0.3 is 19.7 Å². The van der Waals surface area contributed by atoms with Crippen molar-refractivity contribution in [3.05, 3.63) is 33.8 Å². The third-order valence-electron chi connectivity index (χ3n) is 3.47. The van der Waals surface area contributed by atoms with Crippen molar-refractivity contribution in [3.63, 3.8) is 0 Å². The Morgan fingerprint density at radius 2 is 1.96 bits per heavy atom. The molecule has 0 aliphatic rings. The number of rotatable bonds is 8. The SMILES string of the molecule is COCCN(CCNC(C)c1cc(Cl)ccc1Cl)C(=O)OC(C)(C)C. The average Bonchev–Trinajstić information content (AvgIpc) is 2.51. The molecule has 0 aliphatic heterocycles. The van der Waals surface area contributed by atoms with Gasteiger partial charge in [-0.1, -0.05) is 23.2 Å². The number of amides is 1. The Bertz CT molecular complexity index is 562. The number of carbonyl (C=O) groups excluding carboxylic acids is 1. The molecule has 0 saturated carbocycles. The van der Waals surface area contributed by atoms with Crippen LogP contribution in [0, 0.1) is 0 Å². The van der Waals surface area contributed by atoms with E-state index in [1.165, 1.54) is 0 Å². The average molecular weight is 391 g/mol. The summed E-state index contributed by atoms with van der Waals surface area (Å²) < 4.78 is 10.5. The van der Waals surface area contributed by atoms with Crippen molar-refractivity contribution in [2.24, 2.45) is 0 Å². The van der Waals surface area contributed by atoms with Crippen LogP contribution in [0.3, 0.4) is 0 Å². The summed E-state index contributed by atoms with van der Waals surface area (Å²) in [6.45, 7) is 9.56. The monoisotopic (exact) mass is 390 g/mol. The van der Waals surface area contributed by atoms with Crippen LogP contribution in [-0.4, -0.2) is 49.9 Å². The summed E-state index contributed by atoms with van der Waals surface area (Å²) in [4.78, 5) is 13.9. The van der Waals surface area contributed by atoms with Gasteiger partial charge >= 0.3 is 6.09 Å². The van der Waals surface area contributed by atoms with Crippen LogP contribution in [0.15, 0.2) is 18.2 Å². The van der Waals surface area contributed by atoms with Gasteiger partial charge in [0.25, 0.3) is 0 Å². The van der Waals surface area contributed by atoms with Gasteiger partial charge in [-0.05, 0) is 51.5 Å². The van der Waals surface area contributed by atoms with E-state index < -0.39 is 5.60 Å². The highest BCUT2D eigenvalue weighted by molar-refractivity contribution is 6.33. The van der Waals surface area contributed by atoms with Gasteiger partial charge in [-0.25, -0.2) is 4.79 Å². The molecule has 0 heterocycles. The fourth-order valence-electron chi connectivity index (χ4n) is 2.19. The zero-order valence-corrected chi connectivity index (χ0v) is 17.1. The summed E-state index contributed by atoms with van der Waals surface area (Å²) >= 11 is 12.3. The molecule has 0 bridgehead atoms. The summed E-state index contributed by atoms with van der Waals surface area (Å²) in [5.74, 6) is 0. The minimum Gasteiger partial charge on any atom is -0.444 e. The number of carbonyl (C=O) groups is 1. The largest absolute Gasteiger partial charge is 0.444 e. The van der Waals surface area contributed by atoms with Crippen molar-refractivity contribution in [1.82, 2.24) is 10.2 Å². The third kappa shape index (κ3) is 8.27. The van der Waals surface area contributed by atoms with Crippen LogP contribution in [-0.2, 0) is 9.47 Å². The van der Waals surface area contributed by atoms with Crippen molar-refractivity contribution in [2.45, 2.75) is 39.3 Å². The first-order chi connectivity index (χ1) is 11.6. The van der Waals surface area contributed by atoms with Crippen molar-refractivity contribution >= 4 is 29.3 Å². The van der Waals surface area contributed by atoms with E-state index in [4.69, 9.17) is 32.7 Å². The second-order valence-electron chi connectivity index (χ2n) is 6.80. The molecule has 5 nitrogen and oxygen atoms in total. The normalized spacial score (nSPS) is 12.8. The van der Waals surface area contributed by atoms with Crippen LogP contribution in [0.25, 0.3) is 0 Å². The lowest BCUT2D eigenvalue weighted by atomic mass is 10.1. The molecule has 1 atom stereocenters. The van der Waals surface area contributed by atoms with Gasteiger partial charge in [-0.2, -0.15) is 0 Å². The molecule has 25 heavy (non-hydrogen) atoms. The highest BCUT2D eigenvalue weighted by Crippen LogP contribution is 2.26. The molecule has 0 aliphatic carbocycles. The van der Waals surface area contributed by atoms with E-state index in [0.29, 0.717) is 36.3 Å². The lowest BCUT2D eigenvalue weighted by Gasteiger charge is -2.28. The molecule has 0 saturated heterocycles. The first-order valence-corrected chi connectivity index (χ1v) is 9.05. The maximum atomic E-state index is 12.3. The van der Waals surface area contributed by atoms with Crippen molar-refractivity contribution < 1.29 is 14.3 Å². The zero-order chi connectivity index (χ0) is 19.0. The van der Waals surface area contributed by atoms with Crippen LogP contribution >= 0.6 is 23.2 Å². The number of ether oxygens (including phenoxy) is 2. The van der Waals surface area contributed by atoms with Gasteiger partial charge in [-0.3, -0.25) is 0 Å². The number of nitrogens with one attached hydrogen (secondary N) is 1. The van der Waals surface area contributed by atoms with Crippen molar-refractivity contribution in [3.8, 4) is 0 Å². The number of benzene rings is 1. The molecule has 0 radical (unpaired) electrons. The van der Waals surface area contributed by atoms with Crippen LogP contribution in [0.1, 0.15) is 39.3 Å². The smallest absolute Gasteiger partial charge is 0.410 e. The fourth-order valence-corrected chi connectivity index (χ4v) is 2.66. The summed E-state index contributed by atoms with van der Waals surface area (Å²) in [6, 6.07) is 5.39. The number of hydrogen-bond donors (Lipinski definition) is 1. The van der Waals surface area contributed by atoms with E-state index in [2.05, 4.69) is 5.32 Å². The molecule has 1 unspecified atom stereocenters. The third-order valence-corrected chi connectivity index (χ3v) is 4.05. The quantitative estimate of drug-likeness (QED) is 0.708. The Hall–Kier alpha value is -1.01. The molecular weight excluding hydrogens is 363 g/mol. The van der Waals surface area contributed by atoms with Crippen LogP contribution in [0.5, 0.6) is 0 Å². The van der Waals surface area contributed by atoms with Crippen molar-refractivity contribution in [1.29, 1.82) is 0 Å². The highest BCUT2D eigenvalue weighted by Gasteiger charge is 2.22. The van der Waals surface area contributed by atoms with Gasteiger partial charge in [0.1, 0.15) is 5.60 Å². The van der Waals surface area contributed by atoms with Gasteiger partial charge in [0, 0.05) is 42.8 Å². The summed E-state index contributed by atoms with van der Waals surface area (Å²) in [7, 11) is 1.61. The highest BCUT2D eigenvalue weighted by atomic mass is 35.5. The van der Waals surface area contributed by atoms with Gasteiger partial charge in [0.2, 0.25) is 0 Å². The molecular formula is C18H28Cl2N2O3. The molecule has 1 aromatic rings. The summed E-state index contributed by atoms with van der Waals surface area (Å²) in [6.07, 6.45) is -0.347. The van der Waals surface area contributed by atoms with Crippen LogP contribution in [0.4, 0.5) is 4.79 Å². The Morgan fingerprint density at radius 3 is 2.56 bits per heavy atom. The molecule has 0 aromatic heterocycles. The standard InChI is InChI=1S/C18H28Cl2N2O3/c1-13(15-12-14(19)6-7-16(15)20)21-8-9-22(10-11-24-5)17(23)25-18(2,3)4/h6-7,12-13,21H,8-11H2,1-5H3. The number of nitrogens with zero attached hydrogens (tertiary/aromatic N) is 1. The first-order valence-electron chi connectivity index (χ1n) is 8.29. The Balaban J connectivity index is 2.60. The maximum Gasteiger partial charge on any atom is 0.410 e. The van der Waals surface area contributed by atoms with E-state index >= 15 is 0 Å². The first kappa shape index (κ1) is 22.0. The van der Waals surface area contributed by atoms with E-state index in [-0.39, 0.29) is 12.1 Å². The van der Waals surface area contributed by atoms with E-state index in [0.717, 1.165) is 5.56 Å². The lowest BCUT2D eigenvalue weighted by molar-refractivity contribution is 0.0203. The Labute approximate surface area is 160 Å². The predicted octanol–water partition coefficient (Wildman–Crippen LogP) is 4.53. The molecule has 7 heteroatoms. The predicted molar refractivity (Wildman–Crippen MR) is 103 cm³/mol. The minimum absolute atomic E-state index is 0.00844. The van der Waals surface area contributed by atoms with E-state index in [1.54, 1.807) is 24.1 Å². The molecule has 1 aromatic carbocycles. The van der Waals surface area contributed by atoms with Gasteiger partial charge in [0.05, 0.1) is 6.61 Å². The fraction of sp³-hybridized carbons (Fsp3) is 0.611. The number of halogens is 2. The molecule has 142 valence electrons. The number of methoxy groups -OCH3 is 1. The molecule has 1 amide bonds. The maximum absolute atomic E-state index is 12.3. The Morgan fingerprint density at radius 1 is 1.28 bits per heavy atom. The molecule has 1 N–H and O–H groups in total. The molecule has 1 rings (SSSR count). The summed E-state index contributed by atoms with van der Waals surface area (Å²) in [5.41, 5.74) is 0.395. The topological polar surface area (TPSA) is 50.8 Å². The summed E-state index contributed by atoms with van der Waals surface area (Å²) in [5, 5.41) is 4.66. The van der Waals surface area contributed by atoms with E-state index in [9.17, 15) is 4.79 Å². The lowest BCUT2D eigenvalue weighted by Crippen LogP contribution is -2.42.